The van der Waals surface area contributed by atoms with Crippen LogP contribution in [0.3, 0.4) is 0 Å². The summed E-state index contributed by atoms with van der Waals surface area (Å²) < 4.78 is 0. The van der Waals surface area contributed by atoms with Gasteiger partial charge in [-0.2, -0.15) is 0 Å². The van der Waals surface area contributed by atoms with E-state index in [4.69, 9.17) is 0 Å². The van der Waals surface area contributed by atoms with Crippen LogP contribution in [0.25, 0.3) is 0 Å². The topological polar surface area (TPSA) is 12.0 Å². The van der Waals surface area contributed by atoms with Crippen molar-refractivity contribution in [2.75, 3.05) is 6.54 Å². The Balaban J connectivity index is 2.65. The van der Waals surface area contributed by atoms with Gasteiger partial charge in [0.1, 0.15) is 0 Å². The van der Waals surface area contributed by atoms with E-state index in [9.17, 15) is 0 Å². The lowest BCUT2D eigenvalue weighted by Gasteiger charge is -2.27. The molecule has 0 amide bonds. The third kappa shape index (κ3) is 6.77. The summed E-state index contributed by atoms with van der Waals surface area (Å²) in [5.74, 6) is 0.745. The highest BCUT2D eigenvalue weighted by Crippen LogP contribution is 2.30. The normalized spacial score (nSPS) is 15.2. The van der Waals surface area contributed by atoms with E-state index in [1.165, 1.54) is 24.8 Å². The minimum atomic E-state index is 0.422. The number of nitrogens with one attached hydrogen (secondary N) is 1. The van der Waals surface area contributed by atoms with Crippen molar-refractivity contribution in [1.82, 2.24) is 5.32 Å². The predicted molar refractivity (Wildman–Crippen MR) is 85.3 cm³/mol. The highest BCUT2D eigenvalue weighted by Gasteiger charge is 2.19. The number of hydrogen-bond acceptors (Lipinski definition) is 1. The largest absolute Gasteiger partial charge is 0.310 e. The summed E-state index contributed by atoms with van der Waals surface area (Å²) in [6, 6.07) is 11.4. The Morgan fingerprint density at radius 2 is 1.74 bits per heavy atom. The van der Waals surface area contributed by atoms with Crippen LogP contribution in [-0.4, -0.2) is 6.54 Å². The molecule has 1 nitrogen and oxygen atoms in total. The molecule has 2 unspecified atom stereocenters. The van der Waals surface area contributed by atoms with Gasteiger partial charge >= 0.3 is 0 Å². The van der Waals surface area contributed by atoms with Gasteiger partial charge < -0.3 is 5.32 Å². The molecule has 0 radical (unpaired) electrons. The van der Waals surface area contributed by atoms with Gasteiger partial charge in [-0.15, -0.1) is 0 Å². The highest BCUT2D eigenvalue weighted by molar-refractivity contribution is 5.18. The first-order chi connectivity index (χ1) is 8.92. The molecule has 1 N–H and O–H groups in total. The summed E-state index contributed by atoms with van der Waals surface area (Å²) in [7, 11) is 0. The van der Waals surface area contributed by atoms with Gasteiger partial charge in [-0.05, 0) is 42.7 Å². The molecular weight excluding hydrogens is 230 g/mol. The van der Waals surface area contributed by atoms with Gasteiger partial charge in [-0.3, -0.25) is 0 Å². The summed E-state index contributed by atoms with van der Waals surface area (Å²) in [4.78, 5) is 0. The molecule has 1 heteroatoms. The second-order valence-corrected chi connectivity index (χ2v) is 7.02. The van der Waals surface area contributed by atoms with Crippen LogP contribution < -0.4 is 5.32 Å². The van der Waals surface area contributed by atoms with Crippen LogP contribution in [0.2, 0.25) is 0 Å². The lowest BCUT2D eigenvalue weighted by atomic mass is 9.82. The monoisotopic (exact) mass is 261 g/mol. The van der Waals surface area contributed by atoms with E-state index >= 15 is 0 Å². The molecule has 0 saturated carbocycles. The third-order valence-corrected chi connectivity index (χ3v) is 3.44. The van der Waals surface area contributed by atoms with E-state index in [0.29, 0.717) is 11.5 Å². The van der Waals surface area contributed by atoms with Crippen molar-refractivity contribution in [3.8, 4) is 0 Å². The summed E-state index contributed by atoms with van der Waals surface area (Å²) >= 11 is 0. The molecule has 1 aromatic rings. The second kappa shape index (κ2) is 7.69. The van der Waals surface area contributed by atoms with E-state index in [0.717, 1.165) is 12.5 Å². The summed E-state index contributed by atoms with van der Waals surface area (Å²) in [5, 5.41) is 3.70. The number of benzene rings is 1. The van der Waals surface area contributed by atoms with Crippen LogP contribution in [0.1, 0.15) is 65.5 Å². The average Bonchev–Trinajstić information content (AvgIpc) is 2.33. The zero-order valence-electron chi connectivity index (χ0n) is 13.4. The van der Waals surface area contributed by atoms with E-state index in [1.54, 1.807) is 0 Å². The minimum absolute atomic E-state index is 0.422. The minimum Gasteiger partial charge on any atom is -0.310 e. The van der Waals surface area contributed by atoms with Crippen LogP contribution in [-0.2, 0) is 0 Å². The lowest BCUT2D eigenvalue weighted by molar-refractivity contribution is 0.276. The Hall–Kier alpha value is -0.820. The molecule has 0 aromatic heterocycles. The summed E-state index contributed by atoms with van der Waals surface area (Å²) in [5.41, 5.74) is 1.85. The molecule has 0 fully saturated rings. The van der Waals surface area contributed by atoms with E-state index < -0.39 is 0 Å². The van der Waals surface area contributed by atoms with Gasteiger partial charge in [0.15, 0.2) is 0 Å². The number of rotatable bonds is 7. The molecular formula is C18H31N. The van der Waals surface area contributed by atoms with E-state index in [2.05, 4.69) is 70.3 Å². The molecule has 2 atom stereocenters. The van der Waals surface area contributed by atoms with Crippen molar-refractivity contribution >= 4 is 0 Å². The Morgan fingerprint density at radius 1 is 1.11 bits per heavy atom. The van der Waals surface area contributed by atoms with Crippen molar-refractivity contribution in [2.45, 2.75) is 59.9 Å². The van der Waals surface area contributed by atoms with Crippen LogP contribution in [0.4, 0.5) is 0 Å². The predicted octanol–water partition coefficient (Wildman–Crippen LogP) is 5.19. The Bertz CT molecular complexity index is 336. The van der Waals surface area contributed by atoms with Gasteiger partial charge in [-0.25, -0.2) is 0 Å². The van der Waals surface area contributed by atoms with E-state index in [1.807, 2.05) is 0 Å². The molecule has 19 heavy (non-hydrogen) atoms. The Kier molecular flexibility index (Phi) is 6.57. The molecule has 108 valence electrons. The maximum Gasteiger partial charge on any atom is 0.0322 e. The van der Waals surface area contributed by atoms with E-state index in [-0.39, 0.29) is 0 Å². The van der Waals surface area contributed by atoms with Crippen LogP contribution in [0, 0.1) is 11.3 Å². The second-order valence-electron chi connectivity index (χ2n) is 7.02. The molecule has 0 spiro atoms. The molecule has 0 saturated heterocycles. The standard InChI is InChI=1S/C18H31N/c1-6-12-19-17(16-10-8-7-9-11-16)13-15(2)14-18(3,4)5/h7-11,15,17,19H,6,12-14H2,1-5H3. The Morgan fingerprint density at radius 3 is 2.26 bits per heavy atom. The molecule has 1 rings (SSSR count). The third-order valence-electron chi connectivity index (χ3n) is 3.44. The maximum atomic E-state index is 3.70. The molecule has 1 aromatic carbocycles. The smallest absolute Gasteiger partial charge is 0.0322 e. The van der Waals surface area contributed by atoms with Crippen LogP contribution >= 0.6 is 0 Å². The molecule has 0 aliphatic rings. The molecule has 0 heterocycles. The first kappa shape index (κ1) is 16.2. The van der Waals surface area contributed by atoms with Crippen molar-refractivity contribution in [2.24, 2.45) is 11.3 Å². The summed E-state index contributed by atoms with van der Waals surface area (Å²) in [6.07, 6.45) is 3.70. The molecule has 0 bridgehead atoms. The fourth-order valence-corrected chi connectivity index (χ4v) is 2.87. The van der Waals surface area contributed by atoms with Crippen molar-refractivity contribution in [3.05, 3.63) is 35.9 Å². The van der Waals surface area contributed by atoms with Gasteiger partial charge in [0.2, 0.25) is 0 Å². The van der Waals surface area contributed by atoms with Gasteiger partial charge in [-0.1, -0.05) is 65.0 Å². The Labute approximate surface area is 119 Å². The average molecular weight is 261 g/mol. The molecule has 0 aliphatic heterocycles. The van der Waals surface area contributed by atoms with Gasteiger partial charge in [0, 0.05) is 6.04 Å². The molecule has 0 aliphatic carbocycles. The zero-order valence-corrected chi connectivity index (χ0v) is 13.4. The maximum absolute atomic E-state index is 3.70. The number of hydrogen-bond donors (Lipinski definition) is 1. The SMILES string of the molecule is CCCNC(CC(C)CC(C)(C)C)c1ccccc1. The first-order valence-electron chi connectivity index (χ1n) is 7.70. The first-order valence-corrected chi connectivity index (χ1v) is 7.70. The highest BCUT2D eigenvalue weighted by atomic mass is 14.9. The van der Waals surface area contributed by atoms with Crippen molar-refractivity contribution in [1.29, 1.82) is 0 Å². The van der Waals surface area contributed by atoms with Crippen LogP contribution in [0.5, 0.6) is 0 Å². The van der Waals surface area contributed by atoms with Gasteiger partial charge in [0.05, 0.1) is 0 Å². The van der Waals surface area contributed by atoms with Crippen LogP contribution in [0.15, 0.2) is 30.3 Å². The lowest BCUT2D eigenvalue weighted by Crippen LogP contribution is -2.25. The quantitative estimate of drug-likeness (QED) is 0.712. The van der Waals surface area contributed by atoms with Gasteiger partial charge in [0.25, 0.3) is 0 Å². The fraction of sp³-hybridized carbons (Fsp3) is 0.667. The van der Waals surface area contributed by atoms with Crippen molar-refractivity contribution in [3.63, 3.8) is 0 Å². The fourth-order valence-electron chi connectivity index (χ4n) is 2.87. The van der Waals surface area contributed by atoms with Crippen molar-refractivity contribution < 1.29 is 0 Å². The summed E-state index contributed by atoms with van der Waals surface area (Å²) in [6.45, 7) is 12.7. The zero-order chi connectivity index (χ0) is 14.3.